The van der Waals surface area contributed by atoms with E-state index in [0.29, 0.717) is 5.92 Å². The lowest BCUT2D eigenvalue weighted by molar-refractivity contribution is -0.0578. The number of ether oxygens (including phenoxy) is 2. The van der Waals surface area contributed by atoms with E-state index < -0.39 is 0 Å². The highest BCUT2D eigenvalue weighted by molar-refractivity contribution is 4.69. The van der Waals surface area contributed by atoms with E-state index in [4.69, 9.17) is 9.47 Å². The molecule has 0 aromatic rings. The van der Waals surface area contributed by atoms with Crippen LogP contribution in [0.15, 0.2) is 12.3 Å². The Kier molecular flexibility index (Phi) is 2.58. The Morgan fingerprint density at radius 1 is 1.67 bits per heavy atom. The molecule has 1 rings (SSSR count). The van der Waals surface area contributed by atoms with Gasteiger partial charge in [-0.3, -0.25) is 0 Å². The summed E-state index contributed by atoms with van der Waals surface area (Å²) in [5.74, 6) is 0.640. The fourth-order valence-corrected chi connectivity index (χ4v) is 0.669. The minimum Gasteiger partial charge on any atom is -0.501 e. The van der Waals surface area contributed by atoms with Crippen LogP contribution in [0.3, 0.4) is 0 Å². The molecule has 1 aliphatic heterocycles. The highest BCUT2D eigenvalue weighted by Gasteiger charge is 2.17. The van der Waals surface area contributed by atoms with E-state index in [2.05, 4.69) is 0 Å². The molecule has 0 atom stereocenters. The molecule has 0 aromatic carbocycles. The predicted molar refractivity (Wildman–Crippen MR) is 35.1 cm³/mol. The fraction of sp³-hybridized carbons (Fsp3) is 0.714. The Morgan fingerprint density at radius 3 is 2.89 bits per heavy atom. The quantitative estimate of drug-likeness (QED) is 0.531. The summed E-state index contributed by atoms with van der Waals surface area (Å²) in [5, 5.41) is 0. The summed E-state index contributed by atoms with van der Waals surface area (Å²) < 4.78 is 10.1. The topological polar surface area (TPSA) is 18.5 Å². The first-order chi connectivity index (χ1) is 4.43. The van der Waals surface area contributed by atoms with Crippen molar-refractivity contribution in [1.29, 1.82) is 0 Å². The molecule has 9 heavy (non-hydrogen) atoms. The van der Waals surface area contributed by atoms with Crippen LogP contribution in [0.2, 0.25) is 0 Å². The number of hydrogen-bond acceptors (Lipinski definition) is 2. The second-order valence-electron chi connectivity index (χ2n) is 2.21. The molecule has 0 bridgehead atoms. The van der Waals surface area contributed by atoms with Crippen LogP contribution in [-0.4, -0.2) is 19.8 Å². The van der Waals surface area contributed by atoms with Gasteiger partial charge in [-0.2, -0.15) is 0 Å². The van der Waals surface area contributed by atoms with Gasteiger partial charge in [0, 0.05) is 5.92 Å². The molecule has 52 valence electrons. The van der Waals surface area contributed by atoms with Gasteiger partial charge in [0.25, 0.3) is 0 Å². The normalized spacial score (nSPS) is 20.1. The number of rotatable bonds is 3. The van der Waals surface area contributed by atoms with Crippen molar-refractivity contribution in [2.45, 2.75) is 6.92 Å². The largest absolute Gasteiger partial charge is 0.501 e. The first-order valence-corrected chi connectivity index (χ1v) is 3.24. The molecule has 0 amide bonds. The van der Waals surface area contributed by atoms with Crippen molar-refractivity contribution in [3.05, 3.63) is 12.3 Å². The molecule has 0 N–H and O–H groups in total. The van der Waals surface area contributed by atoms with Gasteiger partial charge in [-0.25, -0.2) is 0 Å². The molecule has 1 aliphatic rings. The summed E-state index contributed by atoms with van der Waals surface area (Å²) in [7, 11) is 0. The van der Waals surface area contributed by atoms with Gasteiger partial charge in [-0.1, -0.05) is 6.08 Å². The second kappa shape index (κ2) is 3.51. The predicted octanol–water partition coefficient (Wildman–Crippen LogP) is 1.18. The first kappa shape index (κ1) is 6.62. The van der Waals surface area contributed by atoms with Crippen molar-refractivity contribution in [2.24, 2.45) is 5.92 Å². The molecule has 1 heterocycles. The molecular formula is C7H12O2. The van der Waals surface area contributed by atoms with Gasteiger partial charge in [-0.15, -0.1) is 0 Å². The third kappa shape index (κ3) is 2.06. The van der Waals surface area contributed by atoms with E-state index in [9.17, 15) is 0 Å². The van der Waals surface area contributed by atoms with Crippen molar-refractivity contribution in [2.75, 3.05) is 19.8 Å². The van der Waals surface area contributed by atoms with Crippen LogP contribution in [0.25, 0.3) is 0 Å². The molecule has 0 aromatic heterocycles. The average Bonchev–Trinajstić information content (AvgIpc) is 1.76. The third-order valence-electron chi connectivity index (χ3n) is 1.27. The highest BCUT2D eigenvalue weighted by Crippen LogP contribution is 2.09. The maximum atomic E-state index is 5.13. The van der Waals surface area contributed by atoms with E-state index in [1.165, 1.54) is 0 Å². The van der Waals surface area contributed by atoms with E-state index in [0.717, 1.165) is 19.8 Å². The van der Waals surface area contributed by atoms with Gasteiger partial charge in [0.1, 0.15) is 0 Å². The molecule has 0 aliphatic carbocycles. The zero-order valence-corrected chi connectivity index (χ0v) is 5.67. The molecule has 1 saturated heterocycles. The first-order valence-electron chi connectivity index (χ1n) is 3.24. The van der Waals surface area contributed by atoms with Crippen molar-refractivity contribution >= 4 is 0 Å². The van der Waals surface area contributed by atoms with Crippen LogP contribution in [0, 0.1) is 5.92 Å². The van der Waals surface area contributed by atoms with Crippen LogP contribution >= 0.6 is 0 Å². The second-order valence-corrected chi connectivity index (χ2v) is 2.21. The van der Waals surface area contributed by atoms with E-state index in [1.807, 2.05) is 13.0 Å². The zero-order chi connectivity index (χ0) is 6.53. The molecule has 0 saturated carbocycles. The van der Waals surface area contributed by atoms with Gasteiger partial charge in [0.05, 0.1) is 26.1 Å². The lowest BCUT2D eigenvalue weighted by Crippen LogP contribution is -2.30. The van der Waals surface area contributed by atoms with Crippen molar-refractivity contribution in [3.8, 4) is 0 Å². The molecule has 2 nitrogen and oxygen atoms in total. The average molecular weight is 128 g/mol. The smallest absolute Gasteiger partial charge is 0.0945 e. The molecule has 0 radical (unpaired) electrons. The van der Waals surface area contributed by atoms with E-state index in [1.54, 1.807) is 6.26 Å². The van der Waals surface area contributed by atoms with Gasteiger partial charge in [-0.05, 0) is 6.92 Å². The SMILES string of the molecule is C/C=C/OCC1COC1. The molecule has 0 spiro atoms. The lowest BCUT2D eigenvalue weighted by Gasteiger charge is -2.24. The number of allylic oxidation sites excluding steroid dienone is 1. The minimum absolute atomic E-state index is 0.640. The van der Waals surface area contributed by atoms with Crippen LogP contribution in [0.5, 0.6) is 0 Å². The Bertz CT molecular complexity index is 95.1. The van der Waals surface area contributed by atoms with Crippen molar-refractivity contribution in [1.82, 2.24) is 0 Å². The maximum Gasteiger partial charge on any atom is 0.0945 e. The van der Waals surface area contributed by atoms with Crippen LogP contribution in [-0.2, 0) is 9.47 Å². The summed E-state index contributed by atoms with van der Waals surface area (Å²) >= 11 is 0. The van der Waals surface area contributed by atoms with Crippen molar-refractivity contribution < 1.29 is 9.47 Å². The summed E-state index contributed by atoms with van der Waals surface area (Å²) in [6.45, 7) is 4.50. The summed E-state index contributed by atoms with van der Waals surface area (Å²) in [6.07, 6.45) is 3.61. The molecule has 0 unspecified atom stereocenters. The standard InChI is InChI=1S/C7H12O2/c1-2-3-8-4-7-5-9-6-7/h2-3,7H,4-6H2,1H3/b3-2+. The Balaban J connectivity index is 1.91. The fourth-order valence-electron chi connectivity index (χ4n) is 0.669. The Hall–Kier alpha value is -0.500. The zero-order valence-electron chi connectivity index (χ0n) is 5.67. The van der Waals surface area contributed by atoms with Crippen LogP contribution < -0.4 is 0 Å². The molecule has 2 heteroatoms. The monoisotopic (exact) mass is 128 g/mol. The van der Waals surface area contributed by atoms with Gasteiger partial charge in [0.2, 0.25) is 0 Å². The van der Waals surface area contributed by atoms with Crippen LogP contribution in [0.1, 0.15) is 6.92 Å². The van der Waals surface area contributed by atoms with Gasteiger partial charge in [0.15, 0.2) is 0 Å². The van der Waals surface area contributed by atoms with E-state index in [-0.39, 0.29) is 0 Å². The number of hydrogen-bond donors (Lipinski definition) is 0. The Labute approximate surface area is 55.5 Å². The van der Waals surface area contributed by atoms with Crippen LogP contribution in [0.4, 0.5) is 0 Å². The van der Waals surface area contributed by atoms with E-state index >= 15 is 0 Å². The minimum atomic E-state index is 0.640. The molecular weight excluding hydrogens is 116 g/mol. The summed E-state index contributed by atoms with van der Waals surface area (Å²) in [4.78, 5) is 0. The maximum absolute atomic E-state index is 5.13. The third-order valence-corrected chi connectivity index (χ3v) is 1.27. The summed E-state index contributed by atoms with van der Waals surface area (Å²) in [6, 6.07) is 0. The Morgan fingerprint density at radius 2 is 2.44 bits per heavy atom. The van der Waals surface area contributed by atoms with Gasteiger partial charge < -0.3 is 9.47 Å². The lowest BCUT2D eigenvalue weighted by atomic mass is 10.1. The molecule has 1 fully saturated rings. The van der Waals surface area contributed by atoms with Crippen molar-refractivity contribution in [3.63, 3.8) is 0 Å². The highest BCUT2D eigenvalue weighted by atomic mass is 16.5. The summed E-state index contributed by atoms with van der Waals surface area (Å²) in [5.41, 5.74) is 0. The van der Waals surface area contributed by atoms with Gasteiger partial charge >= 0.3 is 0 Å².